The number of fused-ring (bicyclic) bond motifs is 2. The highest BCUT2D eigenvalue weighted by atomic mass is 32.2. The van der Waals surface area contributed by atoms with E-state index in [4.69, 9.17) is 0 Å². The summed E-state index contributed by atoms with van der Waals surface area (Å²) in [5.41, 5.74) is 1.53. The van der Waals surface area contributed by atoms with Crippen LogP contribution in [0.25, 0.3) is 21.5 Å². The summed E-state index contributed by atoms with van der Waals surface area (Å²) in [7, 11) is 0. The van der Waals surface area contributed by atoms with Crippen LogP contribution >= 0.6 is 11.8 Å². The summed E-state index contributed by atoms with van der Waals surface area (Å²) in [6.07, 6.45) is 10.7. The van der Waals surface area contributed by atoms with E-state index in [0.717, 1.165) is 0 Å². The van der Waals surface area contributed by atoms with Crippen LogP contribution in [0.1, 0.15) is 43.6 Å². The van der Waals surface area contributed by atoms with Gasteiger partial charge in [-0.3, -0.25) is 4.98 Å². The van der Waals surface area contributed by atoms with Gasteiger partial charge in [0.25, 0.3) is 0 Å². The predicted molar refractivity (Wildman–Crippen MR) is 116 cm³/mol. The van der Waals surface area contributed by atoms with Crippen molar-refractivity contribution in [3.05, 3.63) is 78.6 Å². The molecular formula is C25H23NS. The molecule has 1 aliphatic carbocycles. The third-order valence-electron chi connectivity index (χ3n) is 5.79. The molecule has 1 fully saturated rings. The topological polar surface area (TPSA) is 12.9 Å². The van der Waals surface area contributed by atoms with Crippen molar-refractivity contribution < 1.29 is 0 Å². The Morgan fingerprint density at radius 3 is 2.22 bits per heavy atom. The third kappa shape index (κ3) is 3.12. The number of rotatable bonds is 3. The normalized spacial score (nSPS) is 15.4. The fourth-order valence-electron chi connectivity index (χ4n) is 4.56. The molecule has 27 heavy (non-hydrogen) atoms. The lowest BCUT2D eigenvalue weighted by Crippen LogP contribution is -2.06. The highest BCUT2D eigenvalue weighted by Crippen LogP contribution is 2.46. The van der Waals surface area contributed by atoms with Gasteiger partial charge >= 0.3 is 0 Å². The molecule has 0 atom stereocenters. The van der Waals surface area contributed by atoms with Gasteiger partial charge in [0, 0.05) is 27.6 Å². The zero-order chi connectivity index (χ0) is 18.1. The van der Waals surface area contributed by atoms with Gasteiger partial charge in [-0.25, -0.2) is 0 Å². The van der Waals surface area contributed by atoms with Crippen LogP contribution in [0.4, 0.5) is 0 Å². The number of nitrogens with zero attached hydrogens (tertiary/aromatic N) is 1. The Labute approximate surface area is 164 Å². The summed E-state index contributed by atoms with van der Waals surface area (Å²) in [5, 5.41) is 5.49. The summed E-state index contributed by atoms with van der Waals surface area (Å²) in [6, 6.07) is 21.9. The van der Waals surface area contributed by atoms with Gasteiger partial charge in [0.1, 0.15) is 0 Å². The molecule has 1 aromatic heterocycles. The van der Waals surface area contributed by atoms with Gasteiger partial charge < -0.3 is 0 Å². The Hall–Kier alpha value is -2.32. The summed E-state index contributed by atoms with van der Waals surface area (Å²) in [6.45, 7) is 0. The van der Waals surface area contributed by atoms with Crippen molar-refractivity contribution in [1.29, 1.82) is 0 Å². The van der Waals surface area contributed by atoms with Crippen molar-refractivity contribution in [1.82, 2.24) is 4.98 Å². The molecule has 4 aromatic rings. The molecule has 1 nitrogen and oxygen atoms in total. The van der Waals surface area contributed by atoms with Crippen molar-refractivity contribution in [2.24, 2.45) is 0 Å². The van der Waals surface area contributed by atoms with Gasteiger partial charge in [0.2, 0.25) is 0 Å². The number of hydrogen-bond donors (Lipinski definition) is 0. The fourth-order valence-corrected chi connectivity index (χ4v) is 5.67. The Balaban J connectivity index is 1.80. The first-order valence-corrected chi connectivity index (χ1v) is 10.7. The van der Waals surface area contributed by atoms with E-state index in [0.29, 0.717) is 5.92 Å². The molecule has 0 aliphatic heterocycles. The van der Waals surface area contributed by atoms with Gasteiger partial charge in [-0.2, -0.15) is 0 Å². The minimum absolute atomic E-state index is 0.658. The van der Waals surface area contributed by atoms with E-state index >= 15 is 0 Å². The van der Waals surface area contributed by atoms with E-state index in [-0.39, 0.29) is 0 Å². The molecule has 0 saturated heterocycles. The fraction of sp³-hybridized carbons (Fsp3) is 0.240. The Morgan fingerprint density at radius 2 is 1.41 bits per heavy atom. The number of hydrogen-bond acceptors (Lipinski definition) is 2. The SMILES string of the molecule is c1ccc(Sc2c3ccccc3c(C3CCCCC3)c3cnccc23)cc1. The van der Waals surface area contributed by atoms with Gasteiger partial charge in [-0.1, -0.05) is 73.5 Å². The minimum Gasteiger partial charge on any atom is -0.264 e. The highest BCUT2D eigenvalue weighted by molar-refractivity contribution is 7.99. The monoisotopic (exact) mass is 369 g/mol. The molecule has 0 spiro atoms. The third-order valence-corrected chi connectivity index (χ3v) is 6.95. The molecule has 0 unspecified atom stereocenters. The van der Waals surface area contributed by atoms with Crippen LogP contribution in [0.5, 0.6) is 0 Å². The van der Waals surface area contributed by atoms with Crippen LogP contribution in [-0.4, -0.2) is 4.98 Å². The van der Waals surface area contributed by atoms with E-state index in [2.05, 4.69) is 71.8 Å². The largest absolute Gasteiger partial charge is 0.264 e. The van der Waals surface area contributed by atoms with Crippen LogP contribution in [0.3, 0.4) is 0 Å². The lowest BCUT2D eigenvalue weighted by molar-refractivity contribution is 0.447. The first kappa shape index (κ1) is 16.8. The second-order valence-corrected chi connectivity index (χ2v) is 8.54. The molecule has 0 amide bonds. The highest BCUT2D eigenvalue weighted by Gasteiger charge is 2.22. The van der Waals surface area contributed by atoms with Crippen LogP contribution in [-0.2, 0) is 0 Å². The Kier molecular flexibility index (Phi) is 4.59. The maximum Gasteiger partial charge on any atom is 0.0349 e. The molecule has 1 heterocycles. The number of aromatic nitrogens is 1. The van der Waals surface area contributed by atoms with Crippen molar-refractivity contribution in [2.45, 2.75) is 47.8 Å². The van der Waals surface area contributed by atoms with Gasteiger partial charge in [0.05, 0.1) is 0 Å². The molecule has 134 valence electrons. The summed E-state index contributed by atoms with van der Waals surface area (Å²) in [4.78, 5) is 7.15. The quantitative estimate of drug-likeness (QED) is 0.345. The van der Waals surface area contributed by atoms with Crippen LogP contribution in [0.2, 0.25) is 0 Å². The minimum atomic E-state index is 0.658. The standard InChI is InChI=1S/C25H23NS/c1-3-9-18(10-4-1)24-20-13-7-8-14-21(20)25(22-15-16-26-17-23(22)24)27-19-11-5-2-6-12-19/h2,5-8,11-18H,1,3-4,9-10H2. The lowest BCUT2D eigenvalue weighted by Gasteiger charge is -2.26. The van der Waals surface area contributed by atoms with E-state index in [1.165, 1.54) is 69.0 Å². The first-order valence-electron chi connectivity index (χ1n) is 9.93. The Bertz CT molecular complexity index is 1020. The van der Waals surface area contributed by atoms with E-state index in [1.807, 2.05) is 18.0 Å². The summed E-state index contributed by atoms with van der Waals surface area (Å²) >= 11 is 1.87. The summed E-state index contributed by atoms with van der Waals surface area (Å²) in [5.74, 6) is 0.658. The number of benzene rings is 3. The zero-order valence-electron chi connectivity index (χ0n) is 15.4. The van der Waals surface area contributed by atoms with Crippen LogP contribution in [0.15, 0.2) is 82.8 Å². The molecule has 5 rings (SSSR count). The first-order chi connectivity index (χ1) is 13.4. The van der Waals surface area contributed by atoms with Gasteiger partial charge in [-0.15, -0.1) is 0 Å². The smallest absolute Gasteiger partial charge is 0.0349 e. The second-order valence-electron chi connectivity index (χ2n) is 7.46. The maximum absolute atomic E-state index is 4.51. The average molecular weight is 370 g/mol. The van der Waals surface area contributed by atoms with Crippen LogP contribution in [0, 0.1) is 0 Å². The molecule has 2 heteroatoms. The summed E-state index contributed by atoms with van der Waals surface area (Å²) < 4.78 is 0. The molecule has 1 saturated carbocycles. The van der Waals surface area contributed by atoms with Crippen LogP contribution < -0.4 is 0 Å². The molecule has 3 aromatic carbocycles. The van der Waals surface area contributed by atoms with Crippen molar-refractivity contribution in [3.8, 4) is 0 Å². The molecule has 0 N–H and O–H groups in total. The zero-order valence-corrected chi connectivity index (χ0v) is 16.2. The van der Waals surface area contributed by atoms with E-state index in [9.17, 15) is 0 Å². The van der Waals surface area contributed by atoms with Crippen molar-refractivity contribution >= 4 is 33.3 Å². The van der Waals surface area contributed by atoms with E-state index in [1.54, 1.807) is 0 Å². The molecule has 1 aliphatic rings. The maximum atomic E-state index is 4.51. The number of pyridine rings is 1. The molecule has 0 radical (unpaired) electrons. The molecular weight excluding hydrogens is 346 g/mol. The second kappa shape index (κ2) is 7.36. The predicted octanol–water partition coefficient (Wildman–Crippen LogP) is 7.59. The lowest BCUT2D eigenvalue weighted by atomic mass is 9.80. The van der Waals surface area contributed by atoms with Gasteiger partial charge in [-0.05, 0) is 58.7 Å². The molecule has 0 bridgehead atoms. The average Bonchev–Trinajstić information content (AvgIpc) is 2.75. The van der Waals surface area contributed by atoms with E-state index < -0.39 is 0 Å². The van der Waals surface area contributed by atoms with Crippen molar-refractivity contribution in [3.63, 3.8) is 0 Å². The Morgan fingerprint density at radius 1 is 0.704 bits per heavy atom. The van der Waals surface area contributed by atoms with Crippen molar-refractivity contribution in [2.75, 3.05) is 0 Å². The van der Waals surface area contributed by atoms with Gasteiger partial charge in [0.15, 0.2) is 0 Å².